The SMILES string of the molecule is CCOC(=O)[C@H](O)[C@@H](Br)c1ccccc1. The zero-order valence-electron chi connectivity index (χ0n) is 8.39. The van der Waals surface area contributed by atoms with Crippen molar-refractivity contribution in [3.05, 3.63) is 35.9 Å². The van der Waals surface area contributed by atoms with Gasteiger partial charge in [0.25, 0.3) is 0 Å². The van der Waals surface area contributed by atoms with Crippen LogP contribution in [0.3, 0.4) is 0 Å². The van der Waals surface area contributed by atoms with Gasteiger partial charge in [0, 0.05) is 0 Å². The van der Waals surface area contributed by atoms with E-state index in [4.69, 9.17) is 4.74 Å². The van der Waals surface area contributed by atoms with Gasteiger partial charge in [0.1, 0.15) is 0 Å². The molecule has 0 saturated heterocycles. The second kappa shape index (κ2) is 5.88. The van der Waals surface area contributed by atoms with Gasteiger partial charge in [-0.25, -0.2) is 4.79 Å². The first-order valence-corrected chi connectivity index (χ1v) is 5.62. The summed E-state index contributed by atoms with van der Waals surface area (Å²) < 4.78 is 4.73. The first-order valence-electron chi connectivity index (χ1n) is 4.70. The van der Waals surface area contributed by atoms with Crippen molar-refractivity contribution in [2.24, 2.45) is 0 Å². The van der Waals surface area contributed by atoms with Gasteiger partial charge in [-0.3, -0.25) is 0 Å². The minimum absolute atomic E-state index is 0.268. The fourth-order valence-corrected chi connectivity index (χ4v) is 1.69. The normalized spacial score (nSPS) is 14.3. The Hall–Kier alpha value is -0.870. The Bertz CT molecular complexity index is 313. The molecule has 0 radical (unpaired) electrons. The number of hydrogen-bond acceptors (Lipinski definition) is 3. The lowest BCUT2D eigenvalue weighted by Gasteiger charge is -2.15. The molecule has 0 aliphatic carbocycles. The lowest BCUT2D eigenvalue weighted by atomic mass is 10.1. The number of rotatable bonds is 4. The maximum atomic E-state index is 11.3. The molecular formula is C11H13BrO3. The fraction of sp³-hybridized carbons (Fsp3) is 0.364. The van der Waals surface area contributed by atoms with Gasteiger partial charge in [-0.1, -0.05) is 46.3 Å². The third kappa shape index (κ3) is 3.32. The quantitative estimate of drug-likeness (QED) is 0.674. The Balaban J connectivity index is 2.68. The lowest BCUT2D eigenvalue weighted by Crippen LogP contribution is -2.27. The molecule has 0 saturated carbocycles. The second-order valence-electron chi connectivity index (χ2n) is 3.01. The van der Waals surface area contributed by atoms with E-state index in [9.17, 15) is 9.90 Å². The summed E-state index contributed by atoms with van der Waals surface area (Å²) in [5.41, 5.74) is 0.845. The number of aliphatic hydroxyl groups is 1. The van der Waals surface area contributed by atoms with Crippen LogP contribution in [0.1, 0.15) is 17.3 Å². The summed E-state index contributed by atoms with van der Waals surface area (Å²) in [7, 11) is 0. The number of benzene rings is 1. The number of esters is 1. The molecule has 2 atom stereocenters. The smallest absolute Gasteiger partial charge is 0.336 e. The van der Waals surface area contributed by atoms with Crippen molar-refractivity contribution < 1.29 is 14.6 Å². The number of hydrogen-bond donors (Lipinski definition) is 1. The maximum Gasteiger partial charge on any atom is 0.336 e. The third-order valence-corrected chi connectivity index (χ3v) is 2.95. The first kappa shape index (κ1) is 12.2. The average molecular weight is 273 g/mol. The van der Waals surface area contributed by atoms with E-state index < -0.39 is 16.9 Å². The largest absolute Gasteiger partial charge is 0.464 e. The van der Waals surface area contributed by atoms with Crippen LogP contribution in [0.25, 0.3) is 0 Å². The van der Waals surface area contributed by atoms with Crippen LogP contribution in [0, 0.1) is 0 Å². The topological polar surface area (TPSA) is 46.5 Å². The zero-order chi connectivity index (χ0) is 11.3. The van der Waals surface area contributed by atoms with Gasteiger partial charge in [0.15, 0.2) is 6.10 Å². The minimum Gasteiger partial charge on any atom is -0.464 e. The molecule has 15 heavy (non-hydrogen) atoms. The number of ether oxygens (including phenoxy) is 1. The molecule has 0 unspecified atom stereocenters. The molecule has 3 nitrogen and oxygen atoms in total. The zero-order valence-corrected chi connectivity index (χ0v) is 9.98. The van der Waals surface area contributed by atoms with Crippen molar-refractivity contribution in [2.75, 3.05) is 6.61 Å². The Morgan fingerprint density at radius 3 is 2.60 bits per heavy atom. The monoisotopic (exact) mass is 272 g/mol. The maximum absolute atomic E-state index is 11.3. The van der Waals surface area contributed by atoms with E-state index >= 15 is 0 Å². The highest BCUT2D eigenvalue weighted by Crippen LogP contribution is 2.26. The molecule has 4 heteroatoms. The predicted molar refractivity (Wildman–Crippen MR) is 60.7 cm³/mol. The van der Waals surface area contributed by atoms with Gasteiger partial charge in [0.05, 0.1) is 11.4 Å². The van der Waals surface area contributed by atoms with E-state index in [-0.39, 0.29) is 6.61 Å². The fourth-order valence-electron chi connectivity index (χ4n) is 1.17. The Kier molecular flexibility index (Phi) is 4.78. The van der Waals surface area contributed by atoms with Crippen LogP contribution in [-0.4, -0.2) is 23.8 Å². The summed E-state index contributed by atoms with van der Waals surface area (Å²) in [6.45, 7) is 1.97. The Morgan fingerprint density at radius 1 is 1.47 bits per heavy atom. The summed E-state index contributed by atoms with van der Waals surface area (Å²) >= 11 is 3.27. The van der Waals surface area contributed by atoms with Gasteiger partial charge in [0.2, 0.25) is 0 Å². The standard InChI is InChI=1S/C11H13BrO3/c1-2-15-11(14)10(13)9(12)8-6-4-3-5-7-8/h3-7,9-10,13H,2H2,1H3/t9-,10+/m0/s1. The van der Waals surface area contributed by atoms with Crippen LogP contribution in [-0.2, 0) is 9.53 Å². The van der Waals surface area contributed by atoms with Crippen molar-refractivity contribution in [3.8, 4) is 0 Å². The van der Waals surface area contributed by atoms with Crippen LogP contribution in [0.15, 0.2) is 30.3 Å². The highest BCUT2D eigenvalue weighted by molar-refractivity contribution is 9.09. The minimum atomic E-state index is -1.17. The molecule has 0 aromatic heterocycles. The van der Waals surface area contributed by atoms with E-state index in [0.29, 0.717) is 0 Å². The molecular weight excluding hydrogens is 260 g/mol. The number of carbonyl (C=O) groups excluding carboxylic acids is 1. The van der Waals surface area contributed by atoms with E-state index in [1.807, 2.05) is 30.3 Å². The molecule has 1 N–H and O–H groups in total. The summed E-state index contributed by atoms with van der Waals surface area (Å²) in [6, 6.07) is 9.24. The van der Waals surface area contributed by atoms with Gasteiger partial charge in [-0.05, 0) is 12.5 Å². The van der Waals surface area contributed by atoms with Crippen molar-refractivity contribution in [1.29, 1.82) is 0 Å². The molecule has 82 valence electrons. The number of carbonyl (C=O) groups is 1. The van der Waals surface area contributed by atoms with Crippen LogP contribution in [0.5, 0.6) is 0 Å². The first-order chi connectivity index (χ1) is 7.16. The van der Waals surface area contributed by atoms with Crippen LogP contribution in [0.4, 0.5) is 0 Å². The molecule has 1 rings (SSSR count). The number of halogens is 1. The van der Waals surface area contributed by atoms with E-state index in [1.165, 1.54) is 0 Å². The summed E-state index contributed by atoms with van der Waals surface area (Å²) in [5, 5.41) is 9.65. The van der Waals surface area contributed by atoms with Gasteiger partial charge < -0.3 is 9.84 Å². The van der Waals surface area contributed by atoms with E-state index in [2.05, 4.69) is 15.9 Å². The van der Waals surface area contributed by atoms with Crippen molar-refractivity contribution in [2.45, 2.75) is 17.9 Å². The third-order valence-electron chi connectivity index (χ3n) is 1.92. The predicted octanol–water partition coefficient (Wildman–Crippen LogP) is 2.05. The van der Waals surface area contributed by atoms with Crippen molar-refractivity contribution >= 4 is 21.9 Å². The Labute approximate surface area is 97.2 Å². The van der Waals surface area contributed by atoms with Gasteiger partial charge >= 0.3 is 5.97 Å². The highest BCUT2D eigenvalue weighted by atomic mass is 79.9. The molecule has 1 aromatic rings. The Morgan fingerprint density at radius 2 is 2.07 bits per heavy atom. The molecule has 1 aromatic carbocycles. The molecule has 0 fully saturated rings. The average Bonchev–Trinajstić information content (AvgIpc) is 2.28. The summed E-state index contributed by atoms with van der Waals surface area (Å²) in [6.07, 6.45) is -1.17. The van der Waals surface area contributed by atoms with E-state index in [0.717, 1.165) is 5.56 Å². The second-order valence-corrected chi connectivity index (χ2v) is 4.00. The van der Waals surface area contributed by atoms with Crippen molar-refractivity contribution in [3.63, 3.8) is 0 Å². The molecule has 0 aliphatic heterocycles. The number of alkyl halides is 1. The van der Waals surface area contributed by atoms with Crippen molar-refractivity contribution in [1.82, 2.24) is 0 Å². The van der Waals surface area contributed by atoms with Crippen LogP contribution in [0.2, 0.25) is 0 Å². The number of aliphatic hydroxyl groups excluding tert-OH is 1. The molecule has 0 bridgehead atoms. The molecule has 0 heterocycles. The van der Waals surface area contributed by atoms with Crippen LogP contribution < -0.4 is 0 Å². The van der Waals surface area contributed by atoms with Crippen LogP contribution >= 0.6 is 15.9 Å². The van der Waals surface area contributed by atoms with Gasteiger partial charge in [-0.15, -0.1) is 0 Å². The summed E-state index contributed by atoms with van der Waals surface area (Å²) in [4.78, 5) is 10.8. The molecule has 0 amide bonds. The van der Waals surface area contributed by atoms with E-state index in [1.54, 1.807) is 6.92 Å². The summed E-state index contributed by atoms with van der Waals surface area (Å²) in [5.74, 6) is -0.608. The van der Waals surface area contributed by atoms with Gasteiger partial charge in [-0.2, -0.15) is 0 Å². The lowest BCUT2D eigenvalue weighted by molar-refractivity contribution is -0.152. The molecule has 0 aliphatic rings. The molecule has 0 spiro atoms. The highest BCUT2D eigenvalue weighted by Gasteiger charge is 2.26.